The fourth-order valence-electron chi connectivity index (χ4n) is 2.68. The molecule has 1 aliphatic rings. The molecule has 5 heteroatoms. The molecule has 0 amide bonds. The van der Waals surface area contributed by atoms with Crippen molar-refractivity contribution in [3.05, 3.63) is 35.9 Å². The normalized spacial score (nSPS) is 12.9. The van der Waals surface area contributed by atoms with E-state index in [1.807, 2.05) is 11.8 Å². The molecular weight excluding hydrogens is 292 g/mol. The molecule has 0 bridgehead atoms. The van der Waals surface area contributed by atoms with Gasteiger partial charge in [-0.25, -0.2) is 0 Å². The van der Waals surface area contributed by atoms with Gasteiger partial charge < -0.3 is 10.2 Å². The first-order chi connectivity index (χ1) is 10.8. The molecule has 1 aromatic carbocycles. The third kappa shape index (κ3) is 3.25. The van der Waals surface area contributed by atoms with Crippen LogP contribution in [0.3, 0.4) is 0 Å². The lowest BCUT2D eigenvalue weighted by Crippen LogP contribution is -2.28. The largest absolute Gasteiger partial charge is 0.367 e. The Hall–Kier alpha value is -1.59. The predicted octanol–water partition coefficient (Wildman–Crippen LogP) is 3.50. The molecule has 0 radical (unpaired) electrons. The van der Waals surface area contributed by atoms with Gasteiger partial charge in [0.25, 0.3) is 0 Å². The number of fused-ring (bicyclic) bond motifs is 3. The van der Waals surface area contributed by atoms with E-state index < -0.39 is 0 Å². The standard InChI is InChI=1S/C17H22N4S/c1-3-21(4-2)10-9-18-16-11-13-12-22-15-8-6-5-7-14(15)17(13)20-19-16/h5-8,11H,3-4,9-10,12H2,1-2H3,(H,18,19). The first-order valence-corrected chi connectivity index (χ1v) is 8.85. The average molecular weight is 314 g/mol. The number of hydrogen-bond acceptors (Lipinski definition) is 5. The zero-order chi connectivity index (χ0) is 15.4. The van der Waals surface area contributed by atoms with E-state index in [0.29, 0.717) is 0 Å². The highest BCUT2D eigenvalue weighted by Crippen LogP contribution is 2.40. The maximum absolute atomic E-state index is 4.46. The molecule has 0 fully saturated rings. The fourth-order valence-corrected chi connectivity index (χ4v) is 3.71. The van der Waals surface area contributed by atoms with Gasteiger partial charge >= 0.3 is 0 Å². The SMILES string of the molecule is CCN(CC)CCNc1cc2c(nn1)-c1ccccc1SC2. The van der Waals surface area contributed by atoms with Gasteiger partial charge in [-0.15, -0.1) is 22.0 Å². The number of rotatable bonds is 6. The average Bonchev–Trinajstić information content (AvgIpc) is 2.58. The van der Waals surface area contributed by atoms with Crippen molar-refractivity contribution in [2.75, 3.05) is 31.5 Å². The topological polar surface area (TPSA) is 41.0 Å². The molecule has 0 spiro atoms. The Kier molecular flexibility index (Phi) is 4.95. The minimum Gasteiger partial charge on any atom is -0.367 e. The van der Waals surface area contributed by atoms with Crippen LogP contribution in [-0.2, 0) is 5.75 Å². The van der Waals surface area contributed by atoms with Gasteiger partial charge in [-0.1, -0.05) is 32.0 Å². The van der Waals surface area contributed by atoms with Crippen molar-refractivity contribution in [2.45, 2.75) is 24.5 Å². The second-order valence-electron chi connectivity index (χ2n) is 5.34. The van der Waals surface area contributed by atoms with Crippen LogP contribution in [0.4, 0.5) is 5.82 Å². The van der Waals surface area contributed by atoms with Crippen molar-refractivity contribution in [2.24, 2.45) is 0 Å². The van der Waals surface area contributed by atoms with Crippen molar-refractivity contribution in [1.29, 1.82) is 0 Å². The molecule has 1 aliphatic heterocycles. The molecule has 116 valence electrons. The second kappa shape index (κ2) is 7.11. The molecule has 0 atom stereocenters. The van der Waals surface area contributed by atoms with E-state index in [4.69, 9.17) is 0 Å². The van der Waals surface area contributed by atoms with Crippen LogP contribution in [-0.4, -0.2) is 41.3 Å². The Morgan fingerprint density at radius 1 is 1.18 bits per heavy atom. The highest BCUT2D eigenvalue weighted by Gasteiger charge is 2.18. The van der Waals surface area contributed by atoms with Gasteiger partial charge in [-0.05, 0) is 30.8 Å². The van der Waals surface area contributed by atoms with E-state index in [9.17, 15) is 0 Å². The van der Waals surface area contributed by atoms with Crippen LogP contribution in [0.5, 0.6) is 0 Å². The van der Waals surface area contributed by atoms with E-state index in [1.165, 1.54) is 16.0 Å². The predicted molar refractivity (Wildman–Crippen MR) is 93.3 cm³/mol. The van der Waals surface area contributed by atoms with Gasteiger partial charge in [0.2, 0.25) is 0 Å². The third-order valence-electron chi connectivity index (χ3n) is 4.03. The Morgan fingerprint density at radius 3 is 2.82 bits per heavy atom. The number of likely N-dealkylation sites (N-methyl/N-ethyl adjacent to an activating group) is 1. The van der Waals surface area contributed by atoms with E-state index in [2.05, 4.69) is 64.6 Å². The van der Waals surface area contributed by atoms with Crippen LogP contribution < -0.4 is 5.32 Å². The lowest BCUT2D eigenvalue weighted by atomic mass is 10.1. The summed E-state index contributed by atoms with van der Waals surface area (Å²) in [6, 6.07) is 10.6. The Balaban J connectivity index is 1.70. The zero-order valence-corrected chi connectivity index (χ0v) is 14.0. The molecule has 0 saturated carbocycles. The van der Waals surface area contributed by atoms with Gasteiger partial charge in [-0.3, -0.25) is 0 Å². The summed E-state index contributed by atoms with van der Waals surface area (Å²) < 4.78 is 0. The summed E-state index contributed by atoms with van der Waals surface area (Å²) in [7, 11) is 0. The first kappa shape index (κ1) is 15.3. The van der Waals surface area contributed by atoms with Crippen LogP contribution in [0.25, 0.3) is 11.3 Å². The van der Waals surface area contributed by atoms with Crippen molar-refractivity contribution in [3.63, 3.8) is 0 Å². The number of anilines is 1. The number of hydrogen-bond donors (Lipinski definition) is 1. The highest BCUT2D eigenvalue weighted by atomic mass is 32.2. The summed E-state index contributed by atoms with van der Waals surface area (Å²) in [6.45, 7) is 8.49. The van der Waals surface area contributed by atoms with Crippen molar-refractivity contribution >= 4 is 17.6 Å². The molecule has 3 rings (SSSR count). The van der Waals surface area contributed by atoms with Crippen LogP contribution in [0.1, 0.15) is 19.4 Å². The summed E-state index contributed by atoms with van der Waals surface area (Å²) in [5, 5.41) is 12.2. The minimum absolute atomic E-state index is 0.880. The van der Waals surface area contributed by atoms with Gasteiger partial charge in [0.1, 0.15) is 5.82 Å². The maximum Gasteiger partial charge on any atom is 0.149 e. The Labute approximate surface area is 136 Å². The maximum atomic E-state index is 4.46. The molecule has 4 nitrogen and oxygen atoms in total. The molecule has 0 unspecified atom stereocenters. The number of benzene rings is 1. The van der Waals surface area contributed by atoms with Crippen LogP contribution in [0.2, 0.25) is 0 Å². The summed E-state index contributed by atoms with van der Waals surface area (Å²) in [6.07, 6.45) is 0. The number of aromatic nitrogens is 2. The lowest BCUT2D eigenvalue weighted by Gasteiger charge is -2.20. The first-order valence-electron chi connectivity index (χ1n) is 7.86. The van der Waals surface area contributed by atoms with Crippen LogP contribution in [0, 0.1) is 0 Å². The lowest BCUT2D eigenvalue weighted by molar-refractivity contribution is 0.316. The molecule has 22 heavy (non-hydrogen) atoms. The van der Waals surface area contributed by atoms with Gasteiger partial charge in [0.05, 0.1) is 5.69 Å². The van der Waals surface area contributed by atoms with Gasteiger partial charge in [-0.2, -0.15) is 0 Å². The molecule has 1 aromatic heterocycles. The molecule has 1 N–H and O–H groups in total. The Morgan fingerprint density at radius 2 is 2.00 bits per heavy atom. The number of nitrogens with one attached hydrogen (secondary N) is 1. The number of thioether (sulfide) groups is 1. The molecule has 0 saturated heterocycles. The highest BCUT2D eigenvalue weighted by molar-refractivity contribution is 7.98. The zero-order valence-electron chi connectivity index (χ0n) is 13.2. The Bertz CT molecular complexity index is 640. The minimum atomic E-state index is 0.880. The number of nitrogens with zero attached hydrogens (tertiary/aromatic N) is 3. The van der Waals surface area contributed by atoms with E-state index in [0.717, 1.165) is 43.4 Å². The van der Waals surface area contributed by atoms with Crippen molar-refractivity contribution < 1.29 is 0 Å². The van der Waals surface area contributed by atoms with Crippen LogP contribution in [0.15, 0.2) is 35.2 Å². The monoisotopic (exact) mass is 314 g/mol. The summed E-state index contributed by atoms with van der Waals surface area (Å²) in [5.74, 6) is 1.85. The summed E-state index contributed by atoms with van der Waals surface area (Å²) >= 11 is 1.87. The second-order valence-corrected chi connectivity index (χ2v) is 6.36. The summed E-state index contributed by atoms with van der Waals surface area (Å²) in [5.41, 5.74) is 3.50. The van der Waals surface area contributed by atoms with Gasteiger partial charge in [0, 0.05) is 29.3 Å². The third-order valence-corrected chi connectivity index (χ3v) is 5.15. The molecular formula is C17H22N4S. The summed E-state index contributed by atoms with van der Waals surface area (Å²) in [4.78, 5) is 3.69. The van der Waals surface area contributed by atoms with E-state index in [1.54, 1.807) is 0 Å². The van der Waals surface area contributed by atoms with Crippen molar-refractivity contribution in [3.8, 4) is 11.3 Å². The molecule has 0 aliphatic carbocycles. The van der Waals surface area contributed by atoms with E-state index >= 15 is 0 Å². The fraction of sp³-hybridized carbons (Fsp3) is 0.412. The molecule has 2 heterocycles. The van der Waals surface area contributed by atoms with Gasteiger partial charge in [0.15, 0.2) is 0 Å². The smallest absolute Gasteiger partial charge is 0.149 e. The van der Waals surface area contributed by atoms with Crippen molar-refractivity contribution in [1.82, 2.24) is 15.1 Å². The molecule has 2 aromatic rings. The quantitative estimate of drug-likeness (QED) is 0.884. The van der Waals surface area contributed by atoms with Crippen LogP contribution >= 0.6 is 11.8 Å². The van der Waals surface area contributed by atoms with E-state index in [-0.39, 0.29) is 0 Å².